The predicted molar refractivity (Wildman–Crippen MR) is 50.5 cm³/mol. The SMILES string of the molecule is CNC(=O)OC1CCC#CC(F)(F)CC1. The molecule has 1 rings (SSSR count). The molecule has 1 aliphatic carbocycles. The number of ether oxygens (including phenoxy) is 1. The van der Waals surface area contributed by atoms with Crippen LogP contribution in [0.15, 0.2) is 0 Å². The number of alkyl halides is 2. The first-order valence-corrected chi connectivity index (χ1v) is 4.80. The lowest BCUT2D eigenvalue weighted by atomic mass is 10.0. The van der Waals surface area contributed by atoms with Crippen molar-refractivity contribution in [1.82, 2.24) is 5.32 Å². The molecule has 1 N–H and O–H groups in total. The number of hydrogen-bond donors (Lipinski definition) is 1. The van der Waals surface area contributed by atoms with E-state index in [4.69, 9.17) is 4.74 Å². The zero-order chi connectivity index (χ0) is 11.3. The van der Waals surface area contributed by atoms with Crippen molar-refractivity contribution in [2.75, 3.05) is 7.05 Å². The molecule has 3 nitrogen and oxygen atoms in total. The van der Waals surface area contributed by atoms with Gasteiger partial charge in [-0.2, -0.15) is 8.78 Å². The number of carbonyl (C=O) groups excluding carboxylic acids is 1. The van der Waals surface area contributed by atoms with Gasteiger partial charge in [0.2, 0.25) is 0 Å². The van der Waals surface area contributed by atoms with Crippen LogP contribution in [0.3, 0.4) is 0 Å². The van der Waals surface area contributed by atoms with E-state index < -0.39 is 18.1 Å². The van der Waals surface area contributed by atoms with Gasteiger partial charge >= 0.3 is 12.0 Å². The fourth-order valence-electron chi connectivity index (χ4n) is 1.30. The minimum atomic E-state index is -2.95. The average Bonchev–Trinajstić information content (AvgIpc) is 2.18. The Hall–Kier alpha value is -1.31. The highest BCUT2D eigenvalue weighted by Gasteiger charge is 2.29. The predicted octanol–water partition coefficient (Wildman–Crippen LogP) is 1.92. The van der Waals surface area contributed by atoms with Crippen molar-refractivity contribution >= 4 is 6.09 Å². The van der Waals surface area contributed by atoms with Crippen LogP contribution in [0, 0.1) is 11.8 Å². The van der Waals surface area contributed by atoms with E-state index in [1.54, 1.807) is 0 Å². The minimum Gasteiger partial charge on any atom is -0.446 e. The molecule has 0 saturated carbocycles. The van der Waals surface area contributed by atoms with Crippen LogP contribution in [0.1, 0.15) is 25.7 Å². The van der Waals surface area contributed by atoms with Gasteiger partial charge in [-0.15, -0.1) is 0 Å². The molecule has 0 spiro atoms. The van der Waals surface area contributed by atoms with Crippen LogP contribution in [0.4, 0.5) is 13.6 Å². The molecule has 1 amide bonds. The molecule has 1 unspecified atom stereocenters. The van der Waals surface area contributed by atoms with Gasteiger partial charge in [0.15, 0.2) is 0 Å². The van der Waals surface area contributed by atoms with E-state index in [1.165, 1.54) is 7.05 Å². The van der Waals surface area contributed by atoms with Gasteiger partial charge < -0.3 is 10.1 Å². The number of amides is 1. The molecule has 0 fully saturated rings. The summed E-state index contributed by atoms with van der Waals surface area (Å²) in [5, 5.41) is 2.28. The van der Waals surface area contributed by atoms with Crippen LogP contribution in [-0.2, 0) is 4.74 Å². The van der Waals surface area contributed by atoms with Crippen molar-refractivity contribution in [3.63, 3.8) is 0 Å². The Labute approximate surface area is 87.2 Å². The Morgan fingerprint density at radius 2 is 2.27 bits per heavy atom. The zero-order valence-electron chi connectivity index (χ0n) is 8.48. The van der Waals surface area contributed by atoms with Crippen LogP contribution < -0.4 is 5.32 Å². The second-order valence-corrected chi connectivity index (χ2v) is 3.36. The van der Waals surface area contributed by atoms with Crippen LogP contribution in [-0.4, -0.2) is 25.2 Å². The van der Waals surface area contributed by atoms with Crippen LogP contribution in [0.2, 0.25) is 0 Å². The Bertz CT molecular complexity index is 294. The maximum atomic E-state index is 12.9. The second-order valence-electron chi connectivity index (χ2n) is 3.36. The fraction of sp³-hybridized carbons (Fsp3) is 0.700. The van der Waals surface area contributed by atoms with E-state index in [1.807, 2.05) is 5.92 Å². The number of alkyl carbamates (subject to hydrolysis) is 1. The third-order valence-electron chi connectivity index (χ3n) is 2.12. The van der Waals surface area contributed by atoms with Gasteiger partial charge in [0, 0.05) is 19.9 Å². The van der Waals surface area contributed by atoms with Crippen LogP contribution >= 0.6 is 0 Å². The highest BCUT2D eigenvalue weighted by Crippen LogP contribution is 2.24. The number of rotatable bonds is 1. The summed E-state index contributed by atoms with van der Waals surface area (Å²) in [5.74, 6) is 1.34. The van der Waals surface area contributed by atoms with E-state index in [9.17, 15) is 13.6 Å². The average molecular weight is 217 g/mol. The fourth-order valence-corrected chi connectivity index (χ4v) is 1.30. The number of nitrogens with one attached hydrogen (secondary N) is 1. The molecule has 0 bridgehead atoms. The summed E-state index contributed by atoms with van der Waals surface area (Å²) < 4.78 is 30.7. The van der Waals surface area contributed by atoms with Crippen molar-refractivity contribution in [2.45, 2.75) is 37.7 Å². The van der Waals surface area contributed by atoms with Crippen LogP contribution in [0.25, 0.3) is 0 Å². The Balaban J connectivity index is 2.51. The minimum absolute atomic E-state index is 0.148. The van der Waals surface area contributed by atoms with E-state index in [0.29, 0.717) is 12.8 Å². The highest BCUT2D eigenvalue weighted by atomic mass is 19.3. The molecule has 0 aromatic heterocycles. The molecule has 0 heterocycles. The molecular weight excluding hydrogens is 204 g/mol. The maximum absolute atomic E-state index is 12.9. The number of hydrogen-bond acceptors (Lipinski definition) is 2. The molecule has 15 heavy (non-hydrogen) atoms. The quantitative estimate of drug-likeness (QED) is 0.681. The highest BCUT2D eigenvalue weighted by molar-refractivity contribution is 5.66. The Morgan fingerprint density at radius 3 is 2.93 bits per heavy atom. The lowest BCUT2D eigenvalue weighted by molar-refractivity contribution is 0.0254. The smallest absolute Gasteiger partial charge is 0.407 e. The Morgan fingerprint density at radius 1 is 1.53 bits per heavy atom. The summed E-state index contributed by atoms with van der Waals surface area (Å²) in [6.45, 7) is 0. The summed E-state index contributed by atoms with van der Waals surface area (Å²) in [4.78, 5) is 10.9. The van der Waals surface area contributed by atoms with Gasteiger partial charge in [-0.25, -0.2) is 4.79 Å². The molecule has 84 valence electrons. The number of halogens is 2. The summed E-state index contributed by atoms with van der Waals surface area (Å²) in [6, 6.07) is 0. The first-order valence-electron chi connectivity index (χ1n) is 4.80. The van der Waals surface area contributed by atoms with Crippen molar-refractivity contribution in [3.8, 4) is 11.8 Å². The van der Waals surface area contributed by atoms with Crippen molar-refractivity contribution in [1.29, 1.82) is 0 Å². The summed E-state index contributed by atoms with van der Waals surface area (Å²) in [7, 11) is 1.43. The molecule has 0 aromatic rings. The van der Waals surface area contributed by atoms with Gasteiger partial charge in [0.1, 0.15) is 6.10 Å². The third-order valence-corrected chi connectivity index (χ3v) is 2.12. The molecule has 0 saturated heterocycles. The first-order chi connectivity index (χ1) is 7.03. The zero-order valence-corrected chi connectivity index (χ0v) is 8.48. The van der Waals surface area contributed by atoms with Gasteiger partial charge in [-0.05, 0) is 18.8 Å². The molecule has 0 aromatic carbocycles. The van der Waals surface area contributed by atoms with Gasteiger partial charge in [0.25, 0.3) is 0 Å². The number of carbonyl (C=O) groups is 1. The normalized spacial score (nSPS) is 24.1. The molecular formula is C10H13F2NO2. The molecule has 1 atom stereocenters. The van der Waals surface area contributed by atoms with Crippen molar-refractivity contribution in [2.24, 2.45) is 0 Å². The maximum Gasteiger partial charge on any atom is 0.407 e. The van der Waals surface area contributed by atoms with E-state index >= 15 is 0 Å². The van der Waals surface area contributed by atoms with Gasteiger partial charge in [-0.3, -0.25) is 0 Å². The molecule has 1 aliphatic rings. The van der Waals surface area contributed by atoms with E-state index in [2.05, 4.69) is 11.2 Å². The van der Waals surface area contributed by atoms with E-state index in [-0.39, 0.29) is 12.8 Å². The lowest BCUT2D eigenvalue weighted by Gasteiger charge is -2.19. The standard InChI is InChI=1S/C10H13F2NO2/c1-13-9(14)15-8-4-2-3-6-10(11,12)7-5-8/h8H,2,4-5,7H2,1H3,(H,13,14). The lowest BCUT2D eigenvalue weighted by Crippen LogP contribution is -2.28. The third kappa shape index (κ3) is 4.15. The molecule has 0 aliphatic heterocycles. The monoisotopic (exact) mass is 217 g/mol. The topological polar surface area (TPSA) is 38.3 Å². The van der Waals surface area contributed by atoms with Crippen molar-refractivity contribution < 1.29 is 18.3 Å². The van der Waals surface area contributed by atoms with Crippen molar-refractivity contribution in [3.05, 3.63) is 0 Å². The Kier molecular flexibility index (Phi) is 3.89. The second kappa shape index (κ2) is 4.96. The van der Waals surface area contributed by atoms with Gasteiger partial charge in [-0.1, -0.05) is 5.92 Å². The molecule has 0 radical (unpaired) electrons. The largest absolute Gasteiger partial charge is 0.446 e. The van der Waals surface area contributed by atoms with E-state index in [0.717, 1.165) is 0 Å². The van der Waals surface area contributed by atoms with Gasteiger partial charge in [0.05, 0.1) is 0 Å². The van der Waals surface area contributed by atoms with Crippen LogP contribution in [0.5, 0.6) is 0 Å². The summed E-state index contributed by atoms with van der Waals surface area (Å²) >= 11 is 0. The summed E-state index contributed by atoms with van der Waals surface area (Å²) in [6.07, 6.45) is -0.424. The first kappa shape index (κ1) is 11.8. The molecule has 5 heteroatoms. The summed E-state index contributed by atoms with van der Waals surface area (Å²) in [5.41, 5.74) is 0.